The number of carboxylic acid groups (broad SMARTS) is 2. The summed E-state index contributed by atoms with van der Waals surface area (Å²) in [4.78, 5) is 41.7. The first-order valence-corrected chi connectivity index (χ1v) is 7.04. The van der Waals surface area contributed by atoms with Crippen molar-refractivity contribution in [3.63, 3.8) is 0 Å². The van der Waals surface area contributed by atoms with E-state index < -0.39 is 17.9 Å². The summed E-state index contributed by atoms with van der Waals surface area (Å²) in [5, 5.41) is 16.6. The number of rotatable bonds is 9. The van der Waals surface area contributed by atoms with Crippen molar-refractivity contribution in [1.82, 2.24) is 0 Å². The summed E-state index contributed by atoms with van der Waals surface area (Å²) >= 11 is 0. The van der Waals surface area contributed by atoms with Gasteiger partial charge in [0.05, 0.1) is 38.4 Å². The zero-order valence-corrected chi connectivity index (χ0v) is 13.2. The minimum absolute atomic E-state index is 0.104. The fraction of sp³-hybridized carbons (Fsp3) is 0.714. The molecule has 0 amide bonds. The molecule has 0 saturated carbocycles. The standard InChI is InChI=1S/C8H14O4.C6H10O4/c1-3-11-7(9)5-6-8(10)12-4-2;1-2-4(6(9)10)3-5(7)8/h3-6H2,1-2H3;4H,2-3H2,1H3,(H,7,8)(H,9,10). The highest BCUT2D eigenvalue weighted by Gasteiger charge is 2.17. The summed E-state index contributed by atoms with van der Waals surface area (Å²) in [6.45, 7) is 5.80. The van der Waals surface area contributed by atoms with E-state index in [-0.39, 0.29) is 31.2 Å². The Balaban J connectivity index is 0. The van der Waals surface area contributed by atoms with Gasteiger partial charge in [-0.2, -0.15) is 0 Å². The molecule has 22 heavy (non-hydrogen) atoms. The summed E-state index contributed by atoms with van der Waals surface area (Å²) in [6.07, 6.45) is 0.285. The molecule has 0 spiro atoms. The van der Waals surface area contributed by atoms with Crippen LogP contribution in [0.2, 0.25) is 0 Å². The lowest BCUT2D eigenvalue weighted by atomic mass is 10.0. The Morgan fingerprint density at radius 1 is 0.864 bits per heavy atom. The Bertz CT molecular complexity index is 346. The molecular formula is C14H24O8. The van der Waals surface area contributed by atoms with Gasteiger partial charge in [0.1, 0.15) is 0 Å². The molecule has 1 unspecified atom stereocenters. The monoisotopic (exact) mass is 320 g/mol. The van der Waals surface area contributed by atoms with Crippen LogP contribution in [0.15, 0.2) is 0 Å². The molecule has 0 fully saturated rings. The number of hydrogen-bond acceptors (Lipinski definition) is 6. The Hall–Kier alpha value is -2.12. The van der Waals surface area contributed by atoms with E-state index in [9.17, 15) is 19.2 Å². The summed E-state index contributed by atoms with van der Waals surface area (Å²) in [5.41, 5.74) is 0. The molecule has 0 bridgehead atoms. The van der Waals surface area contributed by atoms with Gasteiger partial charge >= 0.3 is 23.9 Å². The van der Waals surface area contributed by atoms with Gasteiger partial charge in [-0.3, -0.25) is 19.2 Å². The van der Waals surface area contributed by atoms with E-state index in [2.05, 4.69) is 9.47 Å². The zero-order valence-electron chi connectivity index (χ0n) is 13.2. The van der Waals surface area contributed by atoms with Gasteiger partial charge in [-0.15, -0.1) is 0 Å². The van der Waals surface area contributed by atoms with Crippen LogP contribution < -0.4 is 0 Å². The highest BCUT2D eigenvalue weighted by atomic mass is 16.5. The lowest BCUT2D eigenvalue weighted by Gasteiger charge is -2.03. The third-order valence-corrected chi connectivity index (χ3v) is 2.41. The van der Waals surface area contributed by atoms with Crippen LogP contribution in [-0.2, 0) is 28.7 Å². The predicted octanol–water partition coefficient (Wildman–Crippen LogP) is 1.46. The van der Waals surface area contributed by atoms with Crippen molar-refractivity contribution in [2.75, 3.05) is 13.2 Å². The maximum atomic E-state index is 10.7. The second-order valence-electron chi connectivity index (χ2n) is 4.15. The smallest absolute Gasteiger partial charge is 0.307 e. The molecule has 0 aromatic carbocycles. The molecule has 0 aliphatic heterocycles. The average Bonchev–Trinajstić information content (AvgIpc) is 2.43. The van der Waals surface area contributed by atoms with Gasteiger partial charge < -0.3 is 19.7 Å². The predicted molar refractivity (Wildman–Crippen MR) is 76.2 cm³/mol. The van der Waals surface area contributed by atoms with E-state index in [0.717, 1.165) is 0 Å². The SMILES string of the molecule is CCC(CC(=O)O)C(=O)O.CCOC(=O)CCC(=O)OCC. The van der Waals surface area contributed by atoms with Gasteiger partial charge in [-0.05, 0) is 20.3 Å². The normalized spacial score (nSPS) is 10.7. The molecule has 0 heterocycles. The van der Waals surface area contributed by atoms with Crippen LogP contribution in [0, 0.1) is 5.92 Å². The summed E-state index contributed by atoms with van der Waals surface area (Å²) in [5.74, 6) is -3.55. The summed E-state index contributed by atoms with van der Waals surface area (Å²) in [7, 11) is 0. The third-order valence-electron chi connectivity index (χ3n) is 2.41. The second-order valence-corrected chi connectivity index (χ2v) is 4.15. The fourth-order valence-electron chi connectivity index (χ4n) is 1.29. The van der Waals surface area contributed by atoms with E-state index in [1.54, 1.807) is 20.8 Å². The van der Waals surface area contributed by atoms with Crippen LogP contribution in [0.3, 0.4) is 0 Å². The molecule has 0 aromatic rings. The van der Waals surface area contributed by atoms with Crippen molar-refractivity contribution >= 4 is 23.9 Å². The molecule has 128 valence electrons. The Morgan fingerprint density at radius 3 is 1.45 bits per heavy atom. The largest absolute Gasteiger partial charge is 0.481 e. The molecule has 0 aliphatic rings. The Labute approximate surface area is 129 Å². The lowest BCUT2D eigenvalue weighted by Crippen LogP contribution is -2.16. The minimum Gasteiger partial charge on any atom is -0.481 e. The summed E-state index contributed by atoms with van der Waals surface area (Å²) < 4.78 is 9.25. The average molecular weight is 320 g/mol. The van der Waals surface area contributed by atoms with E-state index in [0.29, 0.717) is 19.6 Å². The first-order valence-electron chi connectivity index (χ1n) is 7.04. The number of hydrogen-bond donors (Lipinski definition) is 2. The maximum Gasteiger partial charge on any atom is 0.307 e. The number of esters is 2. The van der Waals surface area contributed by atoms with Crippen LogP contribution in [0.1, 0.15) is 46.5 Å². The van der Waals surface area contributed by atoms with E-state index in [1.165, 1.54) is 0 Å². The van der Waals surface area contributed by atoms with Gasteiger partial charge in [-0.1, -0.05) is 6.92 Å². The van der Waals surface area contributed by atoms with Gasteiger partial charge in [0, 0.05) is 0 Å². The number of ether oxygens (including phenoxy) is 2. The Kier molecular flexibility index (Phi) is 13.9. The van der Waals surface area contributed by atoms with Gasteiger partial charge in [-0.25, -0.2) is 0 Å². The topological polar surface area (TPSA) is 127 Å². The molecule has 1 atom stereocenters. The van der Waals surface area contributed by atoms with E-state index >= 15 is 0 Å². The zero-order chi connectivity index (χ0) is 17.5. The third kappa shape index (κ3) is 14.3. The van der Waals surface area contributed by atoms with Crippen LogP contribution in [0.25, 0.3) is 0 Å². The number of carboxylic acids is 2. The van der Waals surface area contributed by atoms with E-state index in [1.807, 2.05) is 0 Å². The molecule has 0 aliphatic carbocycles. The highest BCUT2D eigenvalue weighted by Crippen LogP contribution is 2.07. The van der Waals surface area contributed by atoms with Crippen molar-refractivity contribution in [2.24, 2.45) is 5.92 Å². The van der Waals surface area contributed by atoms with Crippen molar-refractivity contribution in [2.45, 2.75) is 46.5 Å². The molecule has 8 heteroatoms. The maximum absolute atomic E-state index is 10.7. The van der Waals surface area contributed by atoms with Crippen molar-refractivity contribution in [3.8, 4) is 0 Å². The van der Waals surface area contributed by atoms with Gasteiger partial charge in [0.2, 0.25) is 0 Å². The van der Waals surface area contributed by atoms with Crippen LogP contribution in [-0.4, -0.2) is 47.3 Å². The van der Waals surface area contributed by atoms with Crippen LogP contribution in [0.5, 0.6) is 0 Å². The van der Waals surface area contributed by atoms with Crippen molar-refractivity contribution in [3.05, 3.63) is 0 Å². The minimum atomic E-state index is -1.06. The summed E-state index contributed by atoms with van der Waals surface area (Å²) in [6, 6.07) is 0. The molecule has 0 radical (unpaired) electrons. The molecule has 2 N–H and O–H groups in total. The number of carbonyl (C=O) groups is 4. The molecular weight excluding hydrogens is 296 g/mol. The molecule has 0 rings (SSSR count). The first-order chi connectivity index (χ1) is 10.3. The molecule has 8 nitrogen and oxygen atoms in total. The highest BCUT2D eigenvalue weighted by molar-refractivity contribution is 5.78. The van der Waals surface area contributed by atoms with E-state index in [4.69, 9.17) is 10.2 Å². The van der Waals surface area contributed by atoms with Crippen molar-refractivity contribution < 1.29 is 38.9 Å². The van der Waals surface area contributed by atoms with Gasteiger partial charge in [0.25, 0.3) is 0 Å². The lowest BCUT2D eigenvalue weighted by molar-refractivity contribution is -0.149. The number of carbonyl (C=O) groups excluding carboxylic acids is 2. The quantitative estimate of drug-likeness (QED) is 0.611. The van der Waals surface area contributed by atoms with Gasteiger partial charge in [0.15, 0.2) is 0 Å². The van der Waals surface area contributed by atoms with Crippen LogP contribution >= 0.6 is 0 Å². The molecule has 0 aromatic heterocycles. The van der Waals surface area contributed by atoms with Crippen molar-refractivity contribution in [1.29, 1.82) is 0 Å². The number of aliphatic carboxylic acids is 2. The fourth-order valence-corrected chi connectivity index (χ4v) is 1.29. The second kappa shape index (κ2) is 13.8. The van der Waals surface area contributed by atoms with Crippen LogP contribution in [0.4, 0.5) is 0 Å². The molecule has 0 saturated heterocycles. The first kappa shape index (κ1) is 22.2. The Morgan fingerprint density at radius 2 is 1.27 bits per heavy atom.